The highest BCUT2D eigenvalue weighted by Crippen LogP contribution is 2.68. The molecule has 1 fully saturated rings. The summed E-state index contributed by atoms with van der Waals surface area (Å²) in [6.07, 6.45) is -0.0526. The smallest absolute Gasteiger partial charge is 0.311 e. The second-order valence-corrected chi connectivity index (χ2v) is 5.27. The number of carboxylic acid groups (broad SMARTS) is 2. The molecule has 106 valence electrons. The first kappa shape index (κ1) is 14.2. The van der Waals surface area contributed by atoms with E-state index >= 15 is 0 Å². The number of Topliss-reactive ketones (excluding diaryl/α,β-unsaturated/α-hetero) is 1. The Hall–Kier alpha value is -2.17. The van der Waals surface area contributed by atoms with Gasteiger partial charge in [-0.25, -0.2) is 0 Å². The molecule has 5 nitrogen and oxygen atoms in total. The second kappa shape index (κ2) is 4.74. The average Bonchev–Trinajstić information content (AvgIpc) is 3.10. The molecule has 0 spiro atoms. The molecule has 2 rings (SSSR count). The maximum Gasteiger partial charge on any atom is 0.311 e. The third-order valence-electron chi connectivity index (χ3n) is 4.38. The third-order valence-corrected chi connectivity index (χ3v) is 4.38. The Morgan fingerprint density at radius 2 is 1.60 bits per heavy atom. The molecule has 1 aliphatic rings. The third kappa shape index (κ3) is 1.90. The van der Waals surface area contributed by atoms with Gasteiger partial charge < -0.3 is 10.2 Å². The Morgan fingerprint density at radius 1 is 1.05 bits per heavy atom. The first-order valence-corrected chi connectivity index (χ1v) is 6.45. The normalized spacial score (nSPS) is 27.9. The molecule has 0 radical (unpaired) electrons. The molecule has 0 heterocycles. The zero-order valence-electron chi connectivity index (χ0n) is 11.1. The van der Waals surface area contributed by atoms with Crippen molar-refractivity contribution in [2.45, 2.75) is 26.2 Å². The van der Waals surface area contributed by atoms with Gasteiger partial charge in [-0.05, 0) is 12.8 Å². The highest BCUT2D eigenvalue weighted by atomic mass is 16.4. The molecule has 2 N–H and O–H groups in total. The molecule has 2 unspecified atom stereocenters. The van der Waals surface area contributed by atoms with Crippen LogP contribution < -0.4 is 0 Å². The van der Waals surface area contributed by atoms with Gasteiger partial charge in [-0.15, -0.1) is 0 Å². The number of carbonyl (C=O) groups excluding carboxylic acids is 1. The fraction of sp³-hybridized carbons (Fsp3) is 0.400. The summed E-state index contributed by atoms with van der Waals surface area (Å²) >= 11 is 0. The van der Waals surface area contributed by atoms with Gasteiger partial charge in [0, 0.05) is 12.0 Å². The van der Waals surface area contributed by atoms with Crippen molar-refractivity contribution >= 4 is 17.7 Å². The lowest BCUT2D eigenvalue weighted by atomic mass is 9.85. The first-order chi connectivity index (χ1) is 9.39. The van der Waals surface area contributed by atoms with Gasteiger partial charge in [-0.1, -0.05) is 37.3 Å². The molecule has 2 atom stereocenters. The fourth-order valence-electron chi connectivity index (χ4n) is 2.95. The van der Waals surface area contributed by atoms with Gasteiger partial charge in [0.2, 0.25) is 0 Å². The number of aliphatic carboxylic acids is 2. The highest BCUT2D eigenvalue weighted by molar-refractivity contribution is 6.03. The summed E-state index contributed by atoms with van der Waals surface area (Å²) in [4.78, 5) is 35.1. The van der Waals surface area contributed by atoms with Crippen molar-refractivity contribution in [1.29, 1.82) is 0 Å². The van der Waals surface area contributed by atoms with E-state index in [9.17, 15) is 24.6 Å². The molecule has 1 saturated carbocycles. The predicted octanol–water partition coefficient (Wildman–Crippen LogP) is 2.22. The molecule has 0 aliphatic heterocycles. The summed E-state index contributed by atoms with van der Waals surface area (Å²) in [5.74, 6) is -2.67. The van der Waals surface area contributed by atoms with Crippen molar-refractivity contribution < 1.29 is 24.6 Å². The van der Waals surface area contributed by atoms with Gasteiger partial charge in [0.05, 0.1) is 10.8 Å². The summed E-state index contributed by atoms with van der Waals surface area (Å²) in [5.41, 5.74) is -2.38. The summed E-state index contributed by atoms with van der Waals surface area (Å²) < 4.78 is 0. The number of ketones is 1. The van der Waals surface area contributed by atoms with Crippen LogP contribution in [0.2, 0.25) is 0 Å². The van der Waals surface area contributed by atoms with Gasteiger partial charge in [0.15, 0.2) is 5.78 Å². The minimum Gasteiger partial charge on any atom is -0.481 e. The Bertz CT molecular complexity index is 565. The highest BCUT2D eigenvalue weighted by Gasteiger charge is 2.76. The maximum absolute atomic E-state index is 12.2. The molecular weight excluding hydrogens is 260 g/mol. The topological polar surface area (TPSA) is 91.7 Å². The summed E-state index contributed by atoms with van der Waals surface area (Å²) in [5, 5.41) is 18.7. The van der Waals surface area contributed by atoms with Gasteiger partial charge in [0.25, 0.3) is 0 Å². The Kier molecular flexibility index (Phi) is 3.38. The SMILES string of the molecule is CCC1(C(=O)O)CC1(CC(=O)c1ccccc1)C(=O)O. The van der Waals surface area contributed by atoms with Crippen LogP contribution in [0.1, 0.15) is 36.5 Å². The zero-order valence-corrected chi connectivity index (χ0v) is 11.1. The minimum absolute atomic E-state index is 0.0136. The lowest BCUT2D eigenvalue weighted by molar-refractivity contribution is -0.153. The Morgan fingerprint density at radius 3 is 2.00 bits per heavy atom. The molecule has 0 amide bonds. The number of hydrogen-bond acceptors (Lipinski definition) is 3. The number of carbonyl (C=O) groups is 3. The van der Waals surface area contributed by atoms with Crippen molar-refractivity contribution in [2.75, 3.05) is 0 Å². The van der Waals surface area contributed by atoms with E-state index in [2.05, 4.69) is 0 Å². The minimum atomic E-state index is -1.47. The van der Waals surface area contributed by atoms with Gasteiger partial charge >= 0.3 is 11.9 Å². The van der Waals surface area contributed by atoms with E-state index in [0.29, 0.717) is 5.56 Å². The fourth-order valence-corrected chi connectivity index (χ4v) is 2.95. The molecular formula is C15H16O5. The quantitative estimate of drug-likeness (QED) is 0.777. The van der Waals surface area contributed by atoms with Crippen molar-refractivity contribution in [3.63, 3.8) is 0 Å². The van der Waals surface area contributed by atoms with E-state index in [1.807, 2.05) is 0 Å². The first-order valence-electron chi connectivity index (χ1n) is 6.45. The van der Waals surface area contributed by atoms with Crippen molar-refractivity contribution in [3.05, 3.63) is 35.9 Å². The van der Waals surface area contributed by atoms with E-state index < -0.39 is 22.8 Å². The number of benzene rings is 1. The Balaban J connectivity index is 2.28. The van der Waals surface area contributed by atoms with Crippen LogP contribution in [-0.4, -0.2) is 27.9 Å². The van der Waals surface area contributed by atoms with Crippen LogP contribution in [0.5, 0.6) is 0 Å². The average molecular weight is 276 g/mol. The van der Waals surface area contributed by atoms with Gasteiger partial charge in [-0.3, -0.25) is 14.4 Å². The van der Waals surface area contributed by atoms with Crippen LogP contribution >= 0.6 is 0 Å². The summed E-state index contributed by atoms with van der Waals surface area (Å²) in [7, 11) is 0. The molecule has 0 bridgehead atoms. The molecule has 5 heteroatoms. The number of carboxylic acids is 2. The monoisotopic (exact) mass is 276 g/mol. The lowest BCUT2D eigenvalue weighted by Crippen LogP contribution is -2.31. The van der Waals surface area contributed by atoms with Crippen LogP contribution in [0.4, 0.5) is 0 Å². The summed E-state index contributed by atoms with van der Waals surface area (Å²) in [6, 6.07) is 8.35. The molecule has 20 heavy (non-hydrogen) atoms. The van der Waals surface area contributed by atoms with Gasteiger partial charge in [0.1, 0.15) is 0 Å². The van der Waals surface area contributed by atoms with Crippen molar-refractivity contribution in [1.82, 2.24) is 0 Å². The summed E-state index contributed by atoms with van der Waals surface area (Å²) in [6.45, 7) is 1.64. The lowest BCUT2D eigenvalue weighted by Gasteiger charge is -2.17. The molecule has 1 aromatic carbocycles. The molecule has 0 saturated heterocycles. The predicted molar refractivity (Wildman–Crippen MR) is 70.4 cm³/mol. The van der Waals surface area contributed by atoms with E-state index in [0.717, 1.165) is 0 Å². The van der Waals surface area contributed by atoms with E-state index in [-0.39, 0.29) is 25.0 Å². The van der Waals surface area contributed by atoms with Crippen molar-refractivity contribution in [3.8, 4) is 0 Å². The molecule has 1 aliphatic carbocycles. The largest absolute Gasteiger partial charge is 0.481 e. The zero-order chi connectivity index (χ0) is 15.0. The van der Waals surface area contributed by atoms with Crippen LogP contribution in [0.25, 0.3) is 0 Å². The number of hydrogen-bond donors (Lipinski definition) is 2. The second-order valence-electron chi connectivity index (χ2n) is 5.27. The van der Waals surface area contributed by atoms with E-state index in [1.165, 1.54) is 0 Å². The van der Waals surface area contributed by atoms with Crippen LogP contribution in [0, 0.1) is 10.8 Å². The van der Waals surface area contributed by atoms with Gasteiger partial charge in [-0.2, -0.15) is 0 Å². The molecule has 1 aromatic rings. The molecule has 0 aromatic heterocycles. The number of rotatable bonds is 6. The van der Waals surface area contributed by atoms with E-state index in [1.54, 1.807) is 37.3 Å². The van der Waals surface area contributed by atoms with E-state index in [4.69, 9.17) is 0 Å². The maximum atomic E-state index is 12.2. The standard InChI is InChI=1S/C15H16O5/c1-2-14(12(17)18)9-15(14,13(19)20)8-11(16)10-6-4-3-5-7-10/h3-7H,2,8-9H2,1H3,(H,17,18)(H,19,20). The van der Waals surface area contributed by atoms with Crippen LogP contribution in [0.3, 0.4) is 0 Å². The van der Waals surface area contributed by atoms with Crippen LogP contribution in [-0.2, 0) is 9.59 Å². The van der Waals surface area contributed by atoms with Crippen molar-refractivity contribution in [2.24, 2.45) is 10.8 Å². The Labute approximate surface area is 116 Å². The van der Waals surface area contributed by atoms with Crippen LogP contribution in [0.15, 0.2) is 30.3 Å².